The third kappa shape index (κ3) is 8.03. The Kier molecular flexibility index (Phi) is 8.67. The Morgan fingerprint density at radius 1 is 1.13 bits per heavy atom. The number of esters is 2. The number of alkyl carbamates (subject to hydrolysis) is 1. The van der Waals surface area contributed by atoms with E-state index in [1.807, 2.05) is 0 Å². The average molecular weight is 331 g/mol. The lowest BCUT2D eigenvalue weighted by atomic mass is 10.2. The molecule has 9 nitrogen and oxygen atoms in total. The van der Waals surface area contributed by atoms with Gasteiger partial charge in [0.25, 0.3) is 6.29 Å². The molecule has 0 bridgehead atoms. The molecule has 1 atom stereocenters. The second kappa shape index (κ2) is 9.65. The number of carbonyl (C=O) groups excluding carboxylic acids is 3. The molecular weight excluding hydrogens is 306 g/mol. The highest BCUT2D eigenvalue weighted by Gasteiger charge is 2.25. The van der Waals surface area contributed by atoms with Crippen molar-refractivity contribution in [2.75, 3.05) is 20.7 Å². The van der Waals surface area contributed by atoms with Crippen LogP contribution in [0.1, 0.15) is 27.7 Å². The van der Waals surface area contributed by atoms with E-state index < -0.39 is 24.3 Å². The number of ether oxygens (including phenoxy) is 3. The topological polar surface area (TPSA) is 118 Å². The molecule has 0 rings (SSSR count). The molecule has 0 radical (unpaired) electrons. The summed E-state index contributed by atoms with van der Waals surface area (Å²) in [5, 5.41) is 9.80. The van der Waals surface area contributed by atoms with Crippen molar-refractivity contribution in [1.29, 1.82) is 5.41 Å². The summed E-state index contributed by atoms with van der Waals surface area (Å²) in [6, 6.07) is 0. The second-order valence-corrected chi connectivity index (χ2v) is 5.52. The van der Waals surface area contributed by atoms with E-state index >= 15 is 0 Å². The number of amides is 1. The van der Waals surface area contributed by atoms with Crippen LogP contribution in [0.25, 0.3) is 0 Å². The molecule has 0 fully saturated rings. The largest absolute Gasteiger partial charge is 0.468 e. The van der Waals surface area contributed by atoms with E-state index in [0.29, 0.717) is 0 Å². The smallest absolute Gasteiger partial charge is 0.417 e. The van der Waals surface area contributed by atoms with Crippen LogP contribution < -0.4 is 5.32 Å². The van der Waals surface area contributed by atoms with Crippen molar-refractivity contribution in [3.8, 4) is 0 Å². The van der Waals surface area contributed by atoms with Crippen molar-refractivity contribution < 1.29 is 28.6 Å². The van der Waals surface area contributed by atoms with E-state index in [-0.39, 0.29) is 24.3 Å². The first-order chi connectivity index (χ1) is 10.6. The van der Waals surface area contributed by atoms with E-state index in [1.54, 1.807) is 27.7 Å². The fourth-order valence-corrected chi connectivity index (χ4v) is 1.21. The molecule has 1 amide bonds. The number of carbonyl (C=O) groups is 3. The van der Waals surface area contributed by atoms with Gasteiger partial charge in [-0.3, -0.25) is 20.3 Å². The Morgan fingerprint density at radius 3 is 2.13 bits per heavy atom. The summed E-state index contributed by atoms with van der Waals surface area (Å²) >= 11 is 0. The first-order valence-corrected chi connectivity index (χ1v) is 7.13. The van der Waals surface area contributed by atoms with Gasteiger partial charge in [-0.15, -0.1) is 0 Å². The van der Waals surface area contributed by atoms with Crippen LogP contribution in [0.4, 0.5) is 4.79 Å². The summed E-state index contributed by atoms with van der Waals surface area (Å²) in [7, 11) is 2.65. The highest BCUT2D eigenvalue weighted by molar-refractivity contribution is 5.93. The minimum atomic E-state index is -1.07. The van der Waals surface area contributed by atoms with E-state index in [1.165, 1.54) is 14.2 Å². The fourth-order valence-electron chi connectivity index (χ4n) is 1.21. The molecule has 0 aromatic rings. The van der Waals surface area contributed by atoms with Gasteiger partial charge in [-0.2, -0.15) is 0 Å². The Morgan fingerprint density at radius 2 is 1.70 bits per heavy atom. The SMILES string of the molecule is COC(=O)CN(C)C(=N)NC(=O)OC(OC(=O)C(C)C)C(C)C. The molecule has 1 unspecified atom stereocenters. The van der Waals surface area contributed by atoms with Gasteiger partial charge < -0.3 is 19.1 Å². The Balaban J connectivity index is 4.55. The van der Waals surface area contributed by atoms with Crippen molar-refractivity contribution in [2.24, 2.45) is 11.8 Å². The molecule has 9 heteroatoms. The molecule has 0 aliphatic carbocycles. The third-order valence-electron chi connectivity index (χ3n) is 2.67. The molecule has 132 valence electrons. The van der Waals surface area contributed by atoms with Crippen LogP contribution >= 0.6 is 0 Å². The quantitative estimate of drug-likeness (QED) is 0.322. The predicted molar refractivity (Wildman–Crippen MR) is 81.5 cm³/mol. The second-order valence-electron chi connectivity index (χ2n) is 5.52. The van der Waals surface area contributed by atoms with Gasteiger partial charge in [0.2, 0.25) is 5.96 Å². The van der Waals surface area contributed by atoms with Gasteiger partial charge in [0.15, 0.2) is 0 Å². The van der Waals surface area contributed by atoms with Gasteiger partial charge in [0.05, 0.1) is 13.0 Å². The van der Waals surface area contributed by atoms with Gasteiger partial charge in [0, 0.05) is 13.0 Å². The number of likely N-dealkylation sites (N-methyl/N-ethyl adjacent to an activating group) is 1. The Labute approximate surface area is 135 Å². The number of rotatable bonds is 6. The molecule has 0 saturated heterocycles. The summed E-state index contributed by atoms with van der Waals surface area (Å²) in [5.41, 5.74) is 0. The zero-order valence-corrected chi connectivity index (χ0v) is 14.3. The molecular formula is C14H25N3O6. The van der Waals surface area contributed by atoms with E-state index in [4.69, 9.17) is 14.9 Å². The summed E-state index contributed by atoms with van der Waals surface area (Å²) < 4.78 is 14.6. The number of hydrogen-bond acceptors (Lipinski definition) is 7. The molecule has 2 N–H and O–H groups in total. The van der Waals surface area contributed by atoms with E-state index in [0.717, 1.165) is 4.90 Å². The zero-order chi connectivity index (χ0) is 18.2. The molecule has 0 aromatic heterocycles. The molecule has 23 heavy (non-hydrogen) atoms. The first kappa shape index (κ1) is 20.7. The Bertz CT molecular complexity index is 450. The van der Waals surface area contributed by atoms with Crippen molar-refractivity contribution in [2.45, 2.75) is 34.0 Å². The van der Waals surface area contributed by atoms with Gasteiger partial charge in [-0.1, -0.05) is 27.7 Å². The number of nitrogens with zero attached hydrogens (tertiary/aromatic N) is 1. The fraction of sp³-hybridized carbons (Fsp3) is 0.714. The summed E-state index contributed by atoms with van der Waals surface area (Å²) in [5.74, 6) is -2.01. The molecule has 0 aliphatic rings. The van der Waals surface area contributed by atoms with Crippen molar-refractivity contribution in [3.05, 3.63) is 0 Å². The van der Waals surface area contributed by atoms with Crippen molar-refractivity contribution in [1.82, 2.24) is 10.2 Å². The maximum Gasteiger partial charge on any atom is 0.417 e. The van der Waals surface area contributed by atoms with Gasteiger partial charge in [-0.25, -0.2) is 4.79 Å². The highest BCUT2D eigenvalue weighted by atomic mass is 16.7. The number of nitrogens with one attached hydrogen (secondary N) is 2. The number of hydrogen-bond donors (Lipinski definition) is 2. The van der Waals surface area contributed by atoms with E-state index in [2.05, 4.69) is 10.1 Å². The first-order valence-electron chi connectivity index (χ1n) is 7.13. The number of methoxy groups -OCH3 is 1. The summed E-state index contributed by atoms with van der Waals surface area (Å²) in [4.78, 5) is 35.6. The summed E-state index contributed by atoms with van der Waals surface area (Å²) in [6.45, 7) is 6.57. The molecule has 0 heterocycles. The van der Waals surface area contributed by atoms with Crippen LogP contribution in [-0.4, -0.2) is 55.9 Å². The molecule has 0 saturated carbocycles. The predicted octanol–water partition coefficient (Wildman–Crippen LogP) is 0.933. The van der Waals surface area contributed by atoms with Crippen LogP contribution in [0.5, 0.6) is 0 Å². The molecule has 0 spiro atoms. The lowest BCUT2D eigenvalue weighted by Crippen LogP contribution is -2.45. The molecule has 0 aliphatic heterocycles. The van der Waals surface area contributed by atoms with Crippen LogP contribution in [0.2, 0.25) is 0 Å². The van der Waals surface area contributed by atoms with Crippen molar-refractivity contribution in [3.63, 3.8) is 0 Å². The molecule has 0 aromatic carbocycles. The lowest BCUT2D eigenvalue weighted by Gasteiger charge is -2.23. The van der Waals surface area contributed by atoms with Crippen LogP contribution in [0.15, 0.2) is 0 Å². The normalized spacial score (nSPS) is 11.7. The van der Waals surface area contributed by atoms with Crippen LogP contribution in [-0.2, 0) is 23.8 Å². The highest BCUT2D eigenvalue weighted by Crippen LogP contribution is 2.11. The minimum absolute atomic E-state index is 0.203. The number of guanidine groups is 1. The van der Waals surface area contributed by atoms with E-state index in [9.17, 15) is 14.4 Å². The van der Waals surface area contributed by atoms with Crippen LogP contribution in [0, 0.1) is 17.2 Å². The maximum atomic E-state index is 11.8. The summed E-state index contributed by atoms with van der Waals surface area (Å²) in [6.07, 6.45) is -2.02. The standard InChI is InChI=1S/C14H25N3O6/c1-8(2)11(19)22-12(9(3)4)23-14(20)16-13(15)17(5)7-10(18)21-6/h8-9,12H,7H2,1-6H3,(H2,15,16,20). The van der Waals surface area contributed by atoms with Crippen LogP contribution in [0.3, 0.4) is 0 Å². The third-order valence-corrected chi connectivity index (χ3v) is 2.67. The minimum Gasteiger partial charge on any atom is -0.468 e. The maximum absolute atomic E-state index is 11.8. The Hall–Kier alpha value is -2.32. The monoisotopic (exact) mass is 331 g/mol. The van der Waals surface area contributed by atoms with Gasteiger partial charge >= 0.3 is 18.0 Å². The zero-order valence-electron chi connectivity index (χ0n) is 14.3. The van der Waals surface area contributed by atoms with Gasteiger partial charge in [-0.05, 0) is 0 Å². The average Bonchev–Trinajstić information content (AvgIpc) is 2.45. The van der Waals surface area contributed by atoms with Gasteiger partial charge in [0.1, 0.15) is 6.54 Å². The lowest BCUT2D eigenvalue weighted by molar-refractivity contribution is -0.178. The van der Waals surface area contributed by atoms with Crippen molar-refractivity contribution >= 4 is 24.0 Å².